The summed E-state index contributed by atoms with van der Waals surface area (Å²) in [5.41, 5.74) is 10.5. The minimum absolute atomic E-state index is 0. The second-order valence-corrected chi connectivity index (χ2v) is 2.79. The number of hydrogen-bond donors (Lipinski definition) is 2. The third-order valence-electron chi connectivity index (χ3n) is 1.87. The van der Waals surface area contributed by atoms with Crippen molar-refractivity contribution in [3.63, 3.8) is 0 Å². The van der Waals surface area contributed by atoms with Crippen LogP contribution in [0.15, 0.2) is 4.99 Å². The highest BCUT2D eigenvalue weighted by Crippen LogP contribution is 2.18. The molecule has 0 radical (unpaired) electrons. The Bertz CT molecular complexity index is 214. The van der Waals surface area contributed by atoms with E-state index in [0.717, 1.165) is 13.0 Å². The van der Waals surface area contributed by atoms with Crippen LogP contribution >= 0.6 is 24.0 Å². The molecule has 0 aromatic heterocycles. The van der Waals surface area contributed by atoms with Gasteiger partial charge in [0.15, 0.2) is 5.96 Å². The fourth-order valence-corrected chi connectivity index (χ4v) is 1.24. The number of terminal acetylenes is 1. The van der Waals surface area contributed by atoms with E-state index < -0.39 is 0 Å². The van der Waals surface area contributed by atoms with Crippen LogP contribution in [0, 0.1) is 18.3 Å². The summed E-state index contributed by atoms with van der Waals surface area (Å²) in [5.74, 6) is 2.87. The van der Waals surface area contributed by atoms with Crippen molar-refractivity contribution in [2.45, 2.75) is 12.5 Å². The SMILES string of the molecule is C#CC(N=C(N)N)C1CCOC1.I. The number of rotatable bonds is 2. The lowest BCUT2D eigenvalue weighted by Crippen LogP contribution is -2.28. The summed E-state index contributed by atoms with van der Waals surface area (Å²) in [5, 5.41) is 0. The molecule has 13 heavy (non-hydrogen) atoms. The summed E-state index contributed by atoms with van der Waals surface area (Å²) in [6.45, 7) is 1.41. The van der Waals surface area contributed by atoms with Crippen molar-refractivity contribution in [2.75, 3.05) is 13.2 Å². The van der Waals surface area contributed by atoms with E-state index in [0.29, 0.717) is 6.61 Å². The number of nitrogens with zero attached hydrogens (tertiary/aromatic N) is 1. The molecule has 2 unspecified atom stereocenters. The maximum Gasteiger partial charge on any atom is 0.187 e. The molecule has 5 heteroatoms. The van der Waals surface area contributed by atoms with Gasteiger partial charge in [0.05, 0.1) is 6.61 Å². The summed E-state index contributed by atoms with van der Waals surface area (Å²) in [7, 11) is 0. The minimum Gasteiger partial charge on any atom is -0.381 e. The Balaban J connectivity index is 0.00000144. The molecule has 0 saturated carbocycles. The summed E-state index contributed by atoms with van der Waals surface area (Å²) in [6.07, 6.45) is 6.21. The van der Waals surface area contributed by atoms with Crippen LogP contribution in [0.2, 0.25) is 0 Å². The van der Waals surface area contributed by atoms with Gasteiger partial charge in [-0.15, -0.1) is 30.4 Å². The van der Waals surface area contributed by atoms with Crippen molar-refractivity contribution >= 4 is 29.9 Å². The zero-order valence-corrected chi connectivity index (χ0v) is 9.60. The first-order valence-corrected chi connectivity index (χ1v) is 3.86. The van der Waals surface area contributed by atoms with Crippen LogP contribution in [0.25, 0.3) is 0 Å². The zero-order chi connectivity index (χ0) is 8.97. The highest BCUT2D eigenvalue weighted by atomic mass is 127. The first-order valence-electron chi connectivity index (χ1n) is 3.86. The first-order chi connectivity index (χ1) is 5.74. The molecule has 0 bridgehead atoms. The van der Waals surface area contributed by atoms with E-state index in [1.54, 1.807) is 0 Å². The molecule has 1 rings (SSSR count). The van der Waals surface area contributed by atoms with Crippen LogP contribution in [0.4, 0.5) is 0 Å². The van der Waals surface area contributed by atoms with Crippen molar-refractivity contribution in [1.29, 1.82) is 0 Å². The molecule has 0 aliphatic carbocycles. The van der Waals surface area contributed by atoms with E-state index in [2.05, 4.69) is 10.9 Å². The predicted octanol–water partition coefficient (Wildman–Crippen LogP) is -0.0839. The molecular weight excluding hydrogens is 281 g/mol. The first kappa shape index (κ1) is 12.5. The smallest absolute Gasteiger partial charge is 0.187 e. The Morgan fingerprint density at radius 3 is 2.69 bits per heavy atom. The number of hydrogen-bond acceptors (Lipinski definition) is 2. The maximum atomic E-state index is 5.28. The van der Waals surface area contributed by atoms with Gasteiger partial charge in [-0.2, -0.15) is 0 Å². The topological polar surface area (TPSA) is 73.6 Å². The average Bonchev–Trinajstić information content (AvgIpc) is 2.51. The van der Waals surface area contributed by atoms with Gasteiger partial charge < -0.3 is 16.2 Å². The average molecular weight is 295 g/mol. The second-order valence-electron chi connectivity index (χ2n) is 2.79. The van der Waals surface area contributed by atoms with E-state index in [9.17, 15) is 0 Å². The summed E-state index contributed by atoms with van der Waals surface area (Å²) in [4.78, 5) is 3.93. The summed E-state index contributed by atoms with van der Waals surface area (Å²) in [6, 6.07) is -0.225. The fourth-order valence-electron chi connectivity index (χ4n) is 1.24. The monoisotopic (exact) mass is 295 g/mol. The van der Waals surface area contributed by atoms with Crippen molar-refractivity contribution < 1.29 is 4.74 Å². The maximum absolute atomic E-state index is 5.28. The van der Waals surface area contributed by atoms with Crippen LogP contribution in [0.5, 0.6) is 0 Å². The number of guanidine groups is 1. The van der Waals surface area contributed by atoms with Crippen molar-refractivity contribution in [3.8, 4) is 12.3 Å². The van der Waals surface area contributed by atoms with Crippen LogP contribution in [-0.2, 0) is 4.74 Å². The molecule has 0 aromatic rings. The number of nitrogens with two attached hydrogens (primary N) is 2. The molecule has 1 saturated heterocycles. The van der Waals surface area contributed by atoms with E-state index in [4.69, 9.17) is 22.6 Å². The molecule has 0 spiro atoms. The van der Waals surface area contributed by atoms with Crippen LogP contribution in [0.3, 0.4) is 0 Å². The zero-order valence-electron chi connectivity index (χ0n) is 7.27. The van der Waals surface area contributed by atoms with Crippen LogP contribution < -0.4 is 11.5 Å². The van der Waals surface area contributed by atoms with Gasteiger partial charge in [0.2, 0.25) is 0 Å². The van der Waals surface area contributed by atoms with Crippen molar-refractivity contribution in [1.82, 2.24) is 0 Å². The third kappa shape index (κ3) is 3.83. The number of aliphatic imine (C=N–C) groups is 1. The summed E-state index contributed by atoms with van der Waals surface area (Å²) >= 11 is 0. The molecule has 4 N–H and O–H groups in total. The second kappa shape index (κ2) is 6.05. The van der Waals surface area contributed by atoms with Gasteiger partial charge in [-0.3, -0.25) is 0 Å². The largest absolute Gasteiger partial charge is 0.381 e. The van der Waals surface area contributed by atoms with Gasteiger partial charge in [0.1, 0.15) is 6.04 Å². The minimum atomic E-state index is -0.225. The Labute approximate surface area is 95.1 Å². The highest BCUT2D eigenvalue weighted by Gasteiger charge is 2.23. The van der Waals surface area contributed by atoms with E-state index in [1.165, 1.54) is 0 Å². The Hall–Kier alpha value is -0.480. The van der Waals surface area contributed by atoms with Gasteiger partial charge in [-0.1, -0.05) is 5.92 Å². The van der Waals surface area contributed by atoms with E-state index in [1.807, 2.05) is 0 Å². The molecule has 2 atom stereocenters. The van der Waals surface area contributed by atoms with Gasteiger partial charge in [0.25, 0.3) is 0 Å². The standard InChI is InChI=1S/C8H13N3O.HI/c1-2-7(11-8(9)10)6-3-4-12-5-6;/h1,6-7H,3-5H2,(H4,9,10,11);1H. The van der Waals surface area contributed by atoms with Crippen LogP contribution in [-0.4, -0.2) is 25.2 Å². The van der Waals surface area contributed by atoms with Gasteiger partial charge >= 0.3 is 0 Å². The molecular formula is C8H14IN3O. The molecule has 4 nitrogen and oxygen atoms in total. The normalized spacial score (nSPS) is 22.5. The van der Waals surface area contributed by atoms with Gasteiger partial charge in [0, 0.05) is 12.5 Å². The predicted molar refractivity (Wildman–Crippen MR) is 62.8 cm³/mol. The van der Waals surface area contributed by atoms with Gasteiger partial charge in [-0.05, 0) is 6.42 Å². The summed E-state index contributed by atoms with van der Waals surface area (Å²) < 4.78 is 5.18. The van der Waals surface area contributed by atoms with E-state index in [-0.39, 0.29) is 41.9 Å². The number of ether oxygens (including phenoxy) is 1. The molecule has 1 aliphatic heterocycles. The van der Waals surface area contributed by atoms with Crippen LogP contribution in [0.1, 0.15) is 6.42 Å². The van der Waals surface area contributed by atoms with Crippen molar-refractivity contribution in [2.24, 2.45) is 22.4 Å². The molecule has 1 fully saturated rings. The molecule has 74 valence electrons. The molecule has 0 aromatic carbocycles. The molecule has 1 heterocycles. The Morgan fingerprint density at radius 2 is 2.31 bits per heavy atom. The Kier molecular flexibility index (Phi) is 5.82. The van der Waals surface area contributed by atoms with E-state index >= 15 is 0 Å². The van der Waals surface area contributed by atoms with Gasteiger partial charge in [-0.25, -0.2) is 4.99 Å². The lowest BCUT2D eigenvalue weighted by molar-refractivity contribution is 0.184. The Morgan fingerprint density at radius 1 is 1.62 bits per heavy atom. The van der Waals surface area contributed by atoms with Crippen molar-refractivity contribution in [3.05, 3.63) is 0 Å². The molecule has 0 amide bonds. The molecule has 1 aliphatic rings. The fraction of sp³-hybridized carbons (Fsp3) is 0.625. The number of halogens is 1. The third-order valence-corrected chi connectivity index (χ3v) is 1.87. The lowest BCUT2D eigenvalue weighted by atomic mass is 10.0. The lowest BCUT2D eigenvalue weighted by Gasteiger charge is -2.11. The quantitative estimate of drug-likeness (QED) is 0.324. The highest BCUT2D eigenvalue weighted by molar-refractivity contribution is 14.0.